The Hall–Kier alpha value is -2.04. The number of nitrogens with zero attached hydrogens (tertiary/aromatic N) is 1. The van der Waals surface area contributed by atoms with Gasteiger partial charge in [-0.25, -0.2) is 4.39 Å². The highest BCUT2D eigenvalue weighted by atomic mass is 19.1. The third-order valence-corrected chi connectivity index (χ3v) is 2.05. The van der Waals surface area contributed by atoms with E-state index in [1.807, 2.05) is 0 Å². The zero-order valence-electron chi connectivity index (χ0n) is 9.90. The lowest BCUT2D eigenvalue weighted by Crippen LogP contribution is -2.05. The predicted molar refractivity (Wildman–Crippen MR) is 61.8 cm³/mol. The van der Waals surface area contributed by atoms with E-state index >= 15 is 0 Å². The number of carbonyl (C=O) groups excluding carboxylic acids is 1. The molecule has 0 radical (unpaired) electrons. The molecule has 0 amide bonds. The molecule has 0 fully saturated rings. The smallest absolute Gasteiger partial charge is 0.193 e. The number of ether oxygens (including phenoxy) is 1. The van der Waals surface area contributed by atoms with Crippen LogP contribution in [0.1, 0.15) is 10.4 Å². The zero-order chi connectivity index (χ0) is 13.0. The van der Waals surface area contributed by atoms with Crippen molar-refractivity contribution in [2.24, 2.45) is 0 Å². The van der Waals surface area contributed by atoms with Gasteiger partial charge in [0.25, 0.3) is 0 Å². The molecule has 0 bridgehead atoms. The first-order chi connectivity index (χ1) is 7.95. The highest BCUT2D eigenvalue weighted by Gasteiger charge is 2.16. The van der Waals surface area contributed by atoms with Crippen LogP contribution >= 0.6 is 0 Å². The molecule has 0 saturated heterocycles. The van der Waals surface area contributed by atoms with E-state index in [9.17, 15) is 14.3 Å². The minimum Gasteiger partial charge on any atom is -0.507 e. The van der Waals surface area contributed by atoms with Gasteiger partial charge in [-0.05, 0) is 0 Å². The SMILES string of the molecule is COc1cc(O)c(C(=O)C=CN(C)C)c(F)c1. The minimum absolute atomic E-state index is 0.160. The average Bonchev–Trinajstić information content (AvgIpc) is 2.25. The average molecular weight is 239 g/mol. The van der Waals surface area contributed by atoms with E-state index in [4.69, 9.17) is 4.74 Å². The largest absolute Gasteiger partial charge is 0.507 e. The van der Waals surface area contributed by atoms with Crippen LogP contribution < -0.4 is 4.74 Å². The van der Waals surface area contributed by atoms with Crippen molar-refractivity contribution in [3.63, 3.8) is 0 Å². The Bertz CT molecular complexity index is 432. The number of halogens is 1. The number of phenolic OH excluding ortho intramolecular Hbond substituents is 1. The lowest BCUT2D eigenvalue weighted by molar-refractivity contribution is 0.103. The Morgan fingerprint density at radius 2 is 2.12 bits per heavy atom. The van der Waals surface area contributed by atoms with Gasteiger partial charge in [-0.3, -0.25) is 4.79 Å². The Kier molecular flexibility index (Phi) is 4.09. The molecule has 17 heavy (non-hydrogen) atoms. The molecule has 0 aliphatic carbocycles. The molecule has 1 N–H and O–H groups in total. The Balaban J connectivity index is 3.10. The third kappa shape index (κ3) is 3.21. The third-order valence-electron chi connectivity index (χ3n) is 2.05. The summed E-state index contributed by atoms with van der Waals surface area (Å²) in [5, 5.41) is 9.55. The maximum atomic E-state index is 13.6. The number of hydrogen-bond acceptors (Lipinski definition) is 4. The molecule has 4 nitrogen and oxygen atoms in total. The van der Waals surface area contributed by atoms with Crippen LogP contribution in [0.4, 0.5) is 4.39 Å². The van der Waals surface area contributed by atoms with Crippen molar-refractivity contribution in [2.75, 3.05) is 21.2 Å². The molecule has 92 valence electrons. The number of rotatable bonds is 4. The fourth-order valence-corrected chi connectivity index (χ4v) is 1.23. The van der Waals surface area contributed by atoms with Gasteiger partial charge >= 0.3 is 0 Å². The molecule has 0 aromatic heterocycles. The molecule has 1 aromatic carbocycles. The number of carbonyl (C=O) groups is 1. The summed E-state index contributed by atoms with van der Waals surface area (Å²) in [5.74, 6) is -1.69. The van der Waals surface area contributed by atoms with Crippen molar-refractivity contribution in [1.29, 1.82) is 0 Å². The molecule has 0 unspecified atom stereocenters. The molecule has 0 atom stereocenters. The van der Waals surface area contributed by atoms with Crippen LogP contribution in [-0.2, 0) is 0 Å². The van der Waals surface area contributed by atoms with Crippen LogP contribution in [-0.4, -0.2) is 37.0 Å². The molecule has 1 aromatic rings. The standard InChI is InChI=1S/C12H14FNO3/c1-14(2)5-4-10(15)12-9(13)6-8(17-3)7-11(12)16/h4-7,16H,1-3H3. The summed E-state index contributed by atoms with van der Waals surface area (Å²) in [6.45, 7) is 0. The van der Waals surface area contributed by atoms with Crippen molar-refractivity contribution in [3.05, 3.63) is 35.8 Å². The fraction of sp³-hybridized carbons (Fsp3) is 0.250. The van der Waals surface area contributed by atoms with Gasteiger partial charge in [-0.2, -0.15) is 0 Å². The first kappa shape index (κ1) is 13.0. The van der Waals surface area contributed by atoms with Crippen LogP contribution in [0.15, 0.2) is 24.4 Å². The van der Waals surface area contributed by atoms with E-state index in [1.54, 1.807) is 19.0 Å². The topological polar surface area (TPSA) is 49.8 Å². The van der Waals surface area contributed by atoms with E-state index in [1.165, 1.54) is 25.5 Å². The summed E-state index contributed by atoms with van der Waals surface area (Å²) in [5.41, 5.74) is -0.357. The van der Waals surface area contributed by atoms with Crippen LogP contribution in [0.5, 0.6) is 11.5 Å². The second-order valence-corrected chi connectivity index (χ2v) is 3.65. The Labute approximate surface area is 98.9 Å². The molecule has 0 aliphatic heterocycles. The molecule has 0 saturated carbocycles. The van der Waals surface area contributed by atoms with Crippen LogP contribution in [0.2, 0.25) is 0 Å². The maximum absolute atomic E-state index is 13.6. The number of phenols is 1. The first-order valence-electron chi connectivity index (χ1n) is 4.91. The van der Waals surface area contributed by atoms with Gasteiger partial charge in [-0.15, -0.1) is 0 Å². The monoisotopic (exact) mass is 239 g/mol. The predicted octanol–water partition coefficient (Wildman–Crippen LogP) is 1.80. The number of hydrogen-bond donors (Lipinski definition) is 1. The number of ketones is 1. The van der Waals surface area contributed by atoms with Gasteiger partial charge in [0.15, 0.2) is 5.78 Å². The fourth-order valence-electron chi connectivity index (χ4n) is 1.23. The van der Waals surface area contributed by atoms with Crippen LogP contribution in [0.3, 0.4) is 0 Å². The van der Waals surface area contributed by atoms with Crippen molar-refractivity contribution in [3.8, 4) is 11.5 Å². The first-order valence-corrected chi connectivity index (χ1v) is 4.91. The van der Waals surface area contributed by atoms with Crippen LogP contribution in [0.25, 0.3) is 0 Å². The van der Waals surface area contributed by atoms with Crippen molar-refractivity contribution in [2.45, 2.75) is 0 Å². The Morgan fingerprint density at radius 1 is 1.47 bits per heavy atom. The quantitative estimate of drug-likeness (QED) is 0.643. The highest BCUT2D eigenvalue weighted by Crippen LogP contribution is 2.27. The number of methoxy groups -OCH3 is 1. The minimum atomic E-state index is -0.810. The van der Waals surface area contributed by atoms with Gasteiger partial charge in [-0.1, -0.05) is 0 Å². The summed E-state index contributed by atoms with van der Waals surface area (Å²) in [4.78, 5) is 13.3. The van der Waals surface area contributed by atoms with Gasteiger partial charge < -0.3 is 14.7 Å². The van der Waals surface area contributed by atoms with Gasteiger partial charge in [0, 0.05) is 38.5 Å². The second-order valence-electron chi connectivity index (χ2n) is 3.65. The molecule has 0 aliphatic rings. The molecule has 1 rings (SSSR count). The van der Waals surface area contributed by atoms with Crippen molar-refractivity contribution < 1.29 is 19.0 Å². The maximum Gasteiger partial charge on any atom is 0.193 e. The lowest BCUT2D eigenvalue weighted by atomic mass is 10.1. The van der Waals surface area contributed by atoms with E-state index in [0.717, 1.165) is 6.07 Å². The Morgan fingerprint density at radius 3 is 2.59 bits per heavy atom. The van der Waals surface area contributed by atoms with Gasteiger partial charge in [0.2, 0.25) is 0 Å². The van der Waals surface area contributed by atoms with Crippen LogP contribution in [0, 0.1) is 5.82 Å². The summed E-state index contributed by atoms with van der Waals surface area (Å²) < 4.78 is 18.3. The number of aromatic hydroxyl groups is 1. The number of benzene rings is 1. The van der Waals surface area contributed by atoms with Gasteiger partial charge in [0.05, 0.1) is 12.7 Å². The van der Waals surface area contributed by atoms with Crippen molar-refractivity contribution in [1.82, 2.24) is 4.90 Å². The van der Waals surface area contributed by atoms with E-state index < -0.39 is 17.3 Å². The normalized spacial score (nSPS) is 10.6. The van der Waals surface area contributed by atoms with Crippen molar-refractivity contribution >= 4 is 5.78 Å². The number of allylic oxidation sites excluding steroid dienone is 1. The molecular formula is C12H14FNO3. The molecular weight excluding hydrogens is 225 g/mol. The highest BCUT2D eigenvalue weighted by molar-refractivity contribution is 6.06. The summed E-state index contributed by atoms with van der Waals surface area (Å²) in [6.07, 6.45) is 2.66. The van der Waals surface area contributed by atoms with E-state index in [2.05, 4.69) is 0 Å². The molecule has 5 heteroatoms. The zero-order valence-corrected chi connectivity index (χ0v) is 9.90. The van der Waals surface area contributed by atoms with E-state index in [0.29, 0.717) is 0 Å². The lowest BCUT2D eigenvalue weighted by Gasteiger charge is -2.07. The van der Waals surface area contributed by atoms with Gasteiger partial charge in [0.1, 0.15) is 17.3 Å². The summed E-state index contributed by atoms with van der Waals surface area (Å²) in [6, 6.07) is 2.25. The summed E-state index contributed by atoms with van der Waals surface area (Å²) >= 11 is 0. The summed E-state index contributed by atoms with van der Waals surface area (Å²) in [7, 11) is 4.81. The second kappa shape index (κ2) is 5.34. The van der Waals surface area contributed by atoms with E-state index in [-0.39, 0.29) is 11.3 Å². The molecule has 0 heterocycles. The molecule has 0 spiro atoms.